The van der Waals surface area contributed by atoms with Gasteiger partial charge in [0.1, 0.15) is 0 Å². The molecular formula is C32H25N3O2. The molecule has 0 unspecified atom stereocenters. The molecule has 0 aromatic heterocycles. The number of nitrogens with zero attached hydrogens (tertiary/aromatic N) is 1. The first-order valence-electron chi connectivity index (χ1n) is 12.2. The van der Waals surface area contributed by atoms with Crippen LogP contribution in [0.3, 0.4) is 0 Å². The maximum absolute atomic E-state index is 13.3. The summed E-state index contributed by atoms with van der Waals surface area (Å²) in [5, 5.41) is 5.22. The lowest BCUT2D eigenvalue weighted by molar-refractivity contribution is 0.0766. The van der Waals surface area contributed by atoms with Crippen LogP contribution in [0.4, 0.5) is 11.4 Å². The molecule has 2 amide bonds. The highest BCUT2D eigenvalue weighted by atomic mass is 16.2. The minimum absolute atomic E-state index is 0.0269. The normalized spacial score (nSPS) is 12.5. The number of hydrogen-bond acceptors (Lipinski definition) is 3. The lowest BCUT2D eigenvalue weighted by Crippen LogP contribution is -2.23. The van der Waals surface area contributed by atoms with Gasteiger partial charge in [-0.2, -0.15) is 0 Å². The number of carbonyl (C=O) groups is 2. The Morgan fingerprint density at radius 1 is 0.784 bits per heavy atom. The fourth-order valence-corrected chi connectivity index (χ4v) is 4.93. The average molecular weight is 484 g/mol. The van der Waals surface area contributed by atoms with Gasteiger partial charge in [0, 0.05) is 24.2 Å². The molecule has 0 bridgehead atoms. The summed E-state index contributed by atoms with van der Waals surface area (Å²) < 4.78 is 0. The minimum Gasteiger partial charge on any atom is -0.397 e. The van der Waals surface area contributed by atoms with E-state index in [1.54, 1.807) is 24.3 Å². The minimum atomic E-state index is -0.228. The fourth-order valence-electron chi connectivity index (χ4n) is 4.93. The number of hydrogen-bond donors (Lipinski definition) is 2. The van der Waals surface area contributed by atoms with Crippen LogP contribution in [0.1, 0.15) is 31.8 Å². The van der Waals surface area contributed by atoms with Crippen molar-refractivity contribution in [2.45, 2.75) is 13.1 Å². The molecule has 0 saturated carbocycles. The molecule has 5 aromatic rings. The third-order valence-corrected chi connectivity index (χ3v) is 6.90. The Balaban J connectivity index is 1.20. The zero-order valence-electron chi connectivity index (χ0n) is 20.1. The summed E-state index contributed by atoms with van der Waals surface area (Å²) in [7, 11) is 0. The van der Waals surface area contributed by atoms with Gasteiger partial charge in [-0.15, -0.1) is 0 Å². The van der Waals surface area contributed by atoms with E-state index in [1.807, 2.05) is 53.4 Å². The van der Waals surface area contributed by atoms with Gasteiger partial charge in [0.05, 0.1) is 11.4 Å². The molecule has 0 saturated heterocycles. The van der Waals surface area contributed by atoms with Crippen molar-refractivity contribution in [3.8, 4) is 11.1 Å². The number of anilines is 2. The number of nitrogens with two attached hydrogens (primary N) is 1. The number of nitrogen functional groups attached to an aromatic ring is 1. The Hall–Kier alpha value is -4.90. The molecule has 0 atom stereocenters. The third-order valence-electron chi connectivity index (χ3n) is 6.90. The SMILES string of the molecule is Nc1ccccc1NC(=O)c1ccc(CN2Cc3c(cccc3-c3ccc4ccccc4c3)C2=O)cc1. The lowest BCUT2D eigenvalue weighted by Gasteiger charge is -2.16. The van der Waals surface area contributed by atoms with E-state index in [0.717, 1.165) is 27.8 Å². The Kier molecular flexibility index (Phi) is 5.66. The third kappa shape index (κ3) is 4.32. The highest BCUT2D eigenvalue weighted by Gasteiger charge is 2.29. The largest absolute Gasteiger partial charge is 0.397 e. The van der Waals surface area contributed by atoms with Gasteiger partial charge in [0.15, 0.2) is 0 Å². The standard InChI is InChI=1S/C32H25N3O2/c33-29-10-3-4-11-30(29)34-31(36)23-14-12-21(13-15-23)19-35-20-28-26(8-5-9-27(28)32(35)37)25-17-16-22-6-1-2-7-24(22)18-25/h1-18H,19-20,33H2,(H,34,36). The summed E-state index contributed by atoms with van der Waals surface area (Å²) in [4.78, 5) is 27.8. The zero-order chi connectivity index (χ0) is 25.4. The monoisotopic (exact) mass is 483 g/mol. The molecule has 0 aliphatic carbocycles. The number of amides is 2. The van der Waals surface area contributed by atoms with Gasteiger partial charge >= 0.3 is 0 Å². The molecule has 5 nitrogen and oxygen atoms in total. The molecule has 180 valence electrons. The van der Waals surface area contributed by atoms with Crippen molar-refractivity contribution >= 4 is 34.0 Å². The van der Waals surface area contributed by atoms with E-state index >= 15 is 0 Å². The van der Waals surface area contributed by atoms with Crippen molar-refractivity contribution in [3.63, 3.8) is 0 Å². The Morgan fingerprint density at radius 3 is 2.32 bits per heavy atom. The van der Waals surface area contributed by atoms with Crippen LogP contribution in [-0.2, 0) is 13.1 Å². The number of nitrogens with one attached hydrogen (secondary N) is 1. The van der Waals surface area contributed by atoms with Crippen LogP contribution in [0, 0.1) is 0 Å². The molecule has 3 N–H and O–H groups in total. The van der Waals surface area contributed by atoms with Crippen LogP contribution in [0.25, 0.3) is 21.9 Å². The molecule has 37 heavy (non-hydrogen) atoms. The van der Waals surface area contributed by atoms with E-state index in [-0.39, 0.29) is 11.8 Å². The summed E-state index contributed by atoms with van der Waals surface area (Å²) in [5.41, 5.74) is 12.5. The van der Waals surface area contributed by atoms with E-state index < -0.39 is 0 Å². The first kappa shape index (κ1) is 22.6. The van der Waals surface area contributed by atoms with Crippen LogP contribution < -0.4 is 11.1 Å². The van der Waals surface area contributed by atoms with Crippen molar-refractivity contribution < 1.29 is 9.59 Å². The van der Waals surface area contributed by atoms with E-state index in [1.165, 1.54) is 10.8 Å². The summed E-state index contributed by atoms with van der Waals surface area (Å²) >= 11 is 0. The summed E-state index contributed by atoms with van der Waals surface area (Å²) in [6.07, 6.45) is 0. The number of carbonyl (C=O) groups excluding carboxylic acids is 2. The molecule has 1 aliphatic rings. The van der Waals surface area contributed by atoms with Crippen LogP contribution in [0.2, 0.25) is 0 Å². The fraction of sp³-hybridized carbons (Fsp3) is 0.0625. The molecule has 1 heterocycles. The molecular weight excluding hydrogens is 458 g/mol. The quantitative estimate of drug-likeness (QED) is 0.280. The van der Waals surface area contributed by atoms with E-state index in [4.69, 9.17) is 5.73 Å². The van der Waals surface area contributed by atoms with Crippen molar-refractivity contribution in [1.82, 2.24) is 4.90 Å². The van der Waals surface area contributed by atoms with Crippen LogP contribution in [0.15, 0.2) is 109 Å². The second-order valence-corrected chi connectivity index (χ2v) is 9.29. The number of para-hydroxylation sites is 2. The van der Waals surface area contributed by atoms with Gasteiger partial charge in [-0.3, -0.25) is 9.59 Å². The topological polar surface area (TPSA) is 75.4 Å². The Bertz CT molecular complexity index is 1660. The van der Waals surface area contributed by atoms with Crippen molar-refractivity contribution in [1.29, 1.82) is 0 Å². The summed E-state index contributed by atoms with van der Waals surface area (Å²) in [6.45, 7) is 1.02. The van der Waals surface area contributed by atoms with Crippen molar-refractivity contribution in [3.05, 3.63) is 131 Å². The van der Waals surface area contributed by atoms with Gasteiger partial charge in [0.25, 0.3) is 11.8 Å². The predicted molar refractivity (Wildman–Crippen MR) is 148 cm³/mol. The van der Waals surface area contributed by atoms with E-state index in [2.05, 4.69) is 41.7 Å². The lowest BCUT2D eigenvalue weighted by atomic mass is 9.95. The summed E-state index contributed by atoms with van der Waals surface area (Å²) in [5.74, 6) is -0.201. The molecule has 5 aromatic carbocycles. The van der Waals surface area contributed by atoms with Crippen molar-refractivity contribution in [2.24, 2.45) is 0 Å². The Morgan fingerprint density at radius 2 is 1.51 bits per heavy atom. The molecule has 0 fully saturated rings. The average Bonchev–Trinajstić information content (AvgIpc) is 3.25. The predicted octanol–water partition coefficient (Wildman–Crippen LogP) is 6.50. The van der Waals surface area contributed by atoms with Gasteiger partial charge in [-0.1, -0.05) is 72.8 Å². The molecule has 0 radical (unpaired) electrons. The smallest absolute Gasteiger partial charge is 0.255 e. The van der Waals surface area contributed by atoms with Gasteiger partial charge in [-0.25, -0.2) is 0 Å². The highest BCUT2D eigenvalue weighted by Crippen LogP contribution is 2.34. The number of fused-ring (bicyclic) bond motifs is 2. The second-order valence-electron chi connectivity index (χ2n) is 9.29. The molecule has 6 rings (SSSR count). The van der Waals surface area contributed by atoms with Crippen LogP contribution in [0.5, 0.6) is 0 Å². The maximum Gasteiger partial charge on any atom is 0.255 e. The Labute approximate surface area is 215 Å². The van der Waals surface area contributed by atoms with Crippen molar-refractivity contribution in [2.75, 3.05) is 11.1 Å². The second kappa shape index (κ2) is 9.28. The number of rotatable bonds is 5. The number of benzene rings is 5. The van der Waals surface area contributed by atoms with Gasteiger partial charge in [0.2, 0.25) is 0 Å². The maximum atomic E-state index is 13.3. The van der Waals surface area contributed by atoms with Gasteiger partial charge in [-0.05, 0) is 69.4 Å². The van der Waals surface area contributed by atoms with Gasteiger partial charge < -0.3 is 16.0 Å². The first-order chi connectivity index (χ1) is 18.1. The highest BCUT2D eigenvalue weighted by molar-refractivity contribution is 6.05. The molecule has 1 aliphatic heterocycles. The van der Waals surface area contributed by atoms with E-state index in [0.29, 0.717) is 30.0 Å². The zero-order valence-corrected chi connectivity index (χ0v) is 20.1. The molecule has 0 spiro atoms. The summed E-state index contributed by atoms with van der Waals surface area (Å²) in [6, 6.07) is 35.2. The van der Waals surface area contributed by atoms with Crippen LogP contribution in [-0.4, -0.2) is 16.7 Å². The molecule has 5 heteroatoms. The van der Waals surface area contributed by atoms with Crippen LogP contribution >= 0.6 is 0 Å². The van der Waals surface area contributed by atoms with E-state index in [9.17, 15) is 9.59 Å². The first-order valence-corrected chi connectivity index (χ1v) is 12.2.